The predicted molar refractivity (Wildman–Crippen MR) is 33.9 cm³/mol. The number of fused-ring (bicyclic) bond motifs is 1. The van der Waals surface area contributed by atoms with Gasteiger partial charge in [-0.3, -0.25) is 10.3 Å². The highest BCUT2D eigenvalue weighted by Gasteiger charge is 2.21. The number of hydrogen-bond acceptors (Lipinski definition) is 2. The zero-order chi connectivity index (χ0) is 6.10. The van der Waals surface area contributed by atoms with E-state index in [0.717, 1.165) is 6.42 Å². The van der Waals surface area contributed by atoms with Crippen molar-refractivity contribution in [2.24, 2.45) is 5.92 Å². The summed E-state index contributed by atoms with van der Waals surface area (Å²) in [5.41, 5.74) is 3.99. The maximum atomic E-state index is 4.91. The minimum Gasteiger partial charge on any atom is -0.270 e. The van der Waals surface area contributed by atoms with Crippen molar-refractivity contribution >= 4 is 0 Å². The summed E-state index contributed by atoms with van der Waals surface area (Å²) in [4.78, 5) is 4.91. The molecule has 0 aromatic carbocycles. The van der Waals surface area contributed by atoms with Gasteiger partial charge in [0.05, 0.1) is 0 Å². The highest BCUT2D eigenvalue weighted by atomic mass is 16.7. The van der Waals surface area contributed by atoms with Gasteiger partial charge in [-0.2, -0.15) is 0 Å². The molecule has 0 spiro atoms. The van der Waals surface area contributed by atoms with Gasteiger partial charge in [0.1, 0.15) is 6.61 Å². The van der Waals surface area contributed by atoms with Crippen LogP contribution in [0, 0.1) is 12.5 Å². The molecule has 0 amide bonds. The van der Waals surface area contributed by atoms with E-state index in [1.54, 1.807) is 0 Å². The Hall–Kier alpha value is -0.760. The predicted octanol–water partition coefficient (Wildman–Crippen LogP) is 1.14. The molecule has 2 rings (SSSR count). The van der Waals surface area contributed by atoms with Crippen LogP contribution in [0.15, 0.2) is 23.9 Å². The Bertz CT molecular complexity index is 172. The minimum absolute atomic E-state index is 0.481. The van der Waals surface area contributed by atoms with Crippen molar-refractivity contribution in [3.63, 3.8) is 0 Å². The zero-order valence-electron chi connectivity index (χ0n) is 5.00. The molecule has 2 heteroatoms. The van der Waals surface area contributed by atoms with Crippen LogP contribution in [0.2, 0.25) is 0 Å². The van der Waals surface area contributed by atoms with Crippen molar-refractivity contribution in [1.82, 2.24) is 5.48 Å². The Morgan fingerprint density at radius 3 is 3.56 bits per heavy atom. The van der Waals surface area contributed by atoms with E-state index < -0.39 is 0 Å². The molecular weight excluding hydrogens is 114 g/mol. The molecule has 0 aromatic rings. The molecule has 9 heavy (non-hydrogen) atoms. The van der Waals surface area contributed by atoms with Crippen LogP contribution in [0.4, 0.5) is 0 Å². The topological polar surface area (TPSA) is 21.3 Å². The molecule has 2 nitrogen and oxygen atoms in total. The van der Waals surface area contributed by atoms with Crippen LogP contribution >= 0.6 is 0 Å². The van der Waals surface area contributed by atoms with Crippen molar-refractivity contribution in [2.75, 3.05) is 0 Å². The van der Waals surface area contributed by atoms with Gasteiger partial charge in [-0.15, -0.1) is 0 Å². The van der Waals surface area contributed by atoms with Crippen LogP contribution in [-0.4, -0.2) is 0 Å². The van der Waals surface area contributed by atoms with Gasteiger partial charge in [-0.1, -0.05) is 12.2 Å². The van der Waals surface area contributed by atoms with E-state index in [1.165, 1.54) is 5.70 Å². The zero-order valence-corrected chi connectivity index (χ0v) is 5.00. The van der Waals surface area contributed by atoms with E-state index in [2.05, 4.69) is 11.6 Å². The first-order valence-electron chi connectivity index (χ1n) is 3.08. The third kappa shape index (κ3) is 0.754. The third-order valence-corrected chi connectivity index (χ3v) is 1.61. The number of hydrogen-bond donors (Lipinski definition) is 1. The van der Waals surface area contributed by atoms with Crippen molar-refractivity contribution < 1.29 is 4.84 Å². The Morgan fingerprint density at radius 2 is 2.67 bits per heavy atom. The molecule has 1 atom stereocenters. The average Bonchev–Trinajstić information content (AvgIpc) is 2.33. The average molecular weight is 122 g/mol. The normalized spacial score (nSPS) is 31.1. The summed E-state index contributed by atoms with van der Waals surface area (Å²) in [6.07, 6.45) is 7.29. The summed E-state index contributed by atoms with van der Waals surface area (Å²) in [5.74, 6) is 0.481. The van der Waals surface area contributed by atoms with Gasteiger partial charge < -0.3 is 0 Å². The molecule has 0 saturated carbocycles. The molecule has 1 radical (unpaired) electrons. The van der Waals surface area contributed by atoms with Crippen LogP contribution in [0.3, 0.4) is 0 Å². The molecule has 1 fully saturated rings. The summed E-state index contributed by atoms with van der Waals surface area (Å²) < 4.78 is 0. The summed E-state index contributed by atoms with van der Waals surface area (Å²) in [6, 6.07) is 0. The molecule has 47 valence electrons. The van der Waals surface area contributed by atoms with E-state index in [4.69, 9.17) is 4.84 Å². The number of rotatable bonds is 0. The lowest BCUT2D eigenvalue weighted by Gasteiger charge is -2.07. The summed E-state index contributed by atoms with van der Waals surface area (Å²) in [6.45, 7) is 1.83. The maximum absolute atomic E-state index is 4.91. The summed E-state index contributed by atoms with van der Waals surface area (Å²) >= 11 is 0. The molecule has 1 aliphatic heterocycles. The second-order valence-electron chi connectivity index (χ2n) is 2.25. The van der Waals surface area contributed by atoms with Crippen LogP contribution in [-0.2, 0) is 4.84 Å². The van der Waals surface area contributed by atoms with Gasteiger partial charge in [0.15, 0.2) is 0 Å². The first kappa shape index (κ1) is 5.06. The molecule has 1 aliphatic carbocycles. The second kappa shape index (κ2) is 1.88. The molecule has 1 N–H and O–H groups in total. The molecule has 0 bridgehead atoms. The highest BCUT2D eigenvalue weighted by Crippen LogP contribution is 2.25. The molecule has 2 aliphatic rings. The largest absolute Gasteiger partial charge is 0.270 e. The van der Waals surface area contributed by atoms with E-state index in [-0.39, 0.29) is 0 Å². The van der Waals surface area contributed by atoms with Crippen LogP contribution in [0.5, 0.6) is 0 Å². The van der Waals surface area contributed by atoms with Crippen LogP contribution in [0.25, 0.3) is 0 Å². The highest BCUT2D eigenvalue weighted by molar-refractivity contribution is 5.22. The molecule has 0 aromatic heterocycles. The Labute approximate surface area is 54.2 Å². The minimum atomic E-state index is 0.481. The summed E-state index contributed by atoms with van der Waals surface area (Å²) in [5, 5.41) is 0. The maximum Gasteiger partial charge on any atom is 0.123 e. The van der Waals surface area contributed by atoms with Crippen molar-refractivity contribution in [1.29, 1.82) is 0 Å². The quantitative estimate of drug-likeness (QED) is 0.520. The van der Waals surface area contributed by atoms with Crippen LogP contribution < -0.4 is 5.48 Å². The summed E-state index contributed by atoms with van der Waals surface area (Å²) in [7, 11) is 0. The van der Waals surface area contributed by atoms with E-state index in [9.17, 15) is 0 Å². The Balaban J connectivity index is 2.23. The second-order valence-corrected chi connectivity index (χ2v) is 2.25. The lowest BCUT2D eigenvalue weighted by Crippen LogP contribution is -2.06. The lowest BCUT2D eigenvalue weighted by molar-refractivity contribution is 0.157. The van der Waals surface area contributed by atoms with Gasteiger partial charge in [-0.05, 0) is 12.5 Å². The lowest BCUT2D eigenvalue weighted by atomic mass is 9.99. The fraction of sp³-hybridized carbons (Fsp3) is 0.286. The van der Waals surface area contributed by atoms with Crippen LogP contribution in [0.1, 0.15) is 6.42 Å². The van der Waals surface area contributed by atoms with Crippen molar-refractivity contribution in [3.05, 3.63) is 30.5 Å². The fourth-order valence-electron chi connectivity index (χ4n) is 1.07. The Morgan fingerprint density at radius 1 is 1.67 bits per heavy atom. The van der Waals surface area contributed by atoms with Gasteiger partial charge in [0.25, 0.3) is 0 Å². The van der Waals surface area contributed by atoms with Gasteiger partial charge in [0.2, 0.25) is 0 Å². The number of hydroxylamine groups is 1. The number of allylic oxidation sites excluding steroid dienone is 3. The van der Waals surface area contributed by atoms with E-state index in [1.807, 2.05) is 18.8 Å². The van der Waals surface area contributed by atoms with Crippen molar-refractivity contribution in [2.45, 2.75) is 6.42 Å². The monoisotopic (exact) mass is 122 g/mol. The molecule has 1 heterocycles. The van der Waals surface area contributed by atoms with Crippen molar-refractivity contribution in [3.8, 4) is 0 Å². The molecular formula is C7H8NO. The molecule has 1 unspecified atom stereocenters. The SMILES string of the molecule is [CH]1ONC2=CC=CCC12. The van der Waals surface area contributed by atoms with E-state index in [0.29, 0.717) is 5.92 Å². The van der Waals surface area contributed by atoms with E-state index >= 15 is 0 Å². The Kier molecular flexibility index (Phi) is 1.06. The number of nitrogens with one attached hydrogen (secondary N) is 1. The first-order valence-corrected chi connectivity index (χ1v) is 3.08. The van der Waals surface area contributed by atoms with Gasteiger partial charge in [0, 0.05) is 11.6 Å². The van der Waals surface area contributed by atoms with Gasteiger partial charge in [-0.25, -0.2) is 0 Å². The smallest absolute Gasteiger partial charge is 0.123 e. The third-order valence-electron chi connectivity index (χ3n) is 1.61. The first-order chi connectivity index (χ1) is 4.47. The fourth-order valence-corrected chi connectivity index (χ4v) is 1.07. The van der Waals surface area contributed by atoms with Gasteiger partial charge >= 0.3 is 0 Å². The standard InChI is InChI=1S/C7H8NO/c1-2-4-7-6(3-1)5-9-8-7/h1-2,4-6,8H,3H2. The molecule has 1 saturated heterocycles.